The largest absolute Gasteiger partial charge is 0.316 e. The number of hydrogen-bond donors (Lipinski definition) is 1. The third-order valence-electron chi connectivity index (χ3n) is 1.41. The zero-order valence-corrected chi connectivity index (χ0v) is 5.98. The molecule has 0 saturated carbocycles. The molecule has 1 N–H and O–H groups in total. The summed E-state index contributed by atoms with van der Waals surface area (Å²) in [5.41, 5.74) is 3.11. The number of rotatable bonds is 0. The SMILES string of the molecule is CC1=CC2C=CNN2S1. The Kier molecular flexibility index (Phi) is 1.07. The molecule has 2 aliphatic heterocycles. The van der Waals surface area contributed by atoms with Crippen LogP contribution in [0.15, 0.2) is 23.3 Å². The molecule has 3 heteroatoms. The third kappa shape index (κ3) is 0.767. The van der Waals surface area contributed by atoms with Crippen LogP contribution in [0.25, 0.3) is 0 Å². The predicted octanol–water partition coefficient (Wildman–Crippen LogP) is 1.25. The van der Waals surface area contributed by atoms with Gasteiger partial charge in [0.05, 0.1) is 6.04 Å². The topological polar surface area (TPSA) is 15.3 Å². The zero-order valence-electron chi connectivity index (χ0n) is 5.16. The summed E-state index contributed by atoms with van der Waals surface area (Å²) in [6.07, 6.45) is 6.35. The fourth-order valence-corrected chi connectivity index (χ4v) is 1.89. The summed E-state index contributed by atoms with van der Waals surface area (Å²) in [6, 6.07) is 0.495. The molecule has 2 aliphatic rings. The lowest BCUT2D eigenvalue weighted by Gasteiger charge is -2.12. The minimum Gasteiger partial charge on any atom is -0.316 e. The molecule has 1 unspecified atom stereocenters. The number of fused-ring (bicyclic) bond motifs is 1. The molecule has 0 bridgehead atoms. The van der Waals surface area contributed by atoms with Gasteiger partial charge in [-0.05, 0) is 29.9 Å². The first-order chi connectivity index (χ1) is 4.36. The Bertz CT molecular complexity index is 185. The van der Waals surface area contributed by atoms with E-state index in [1.165, 1.54) is 4.91 Å². The quantitative estimate of drug-likeness (QED) is 0.510. The van der Waals surface area contributed by atoms with Crippen molar-refractivity contribution < 1.29 is 0 Å². The molecular weight excluding hydrogens is 132 g/mol. The van der Waals surface area contributed by atoms with Gasteiger partial charge in [0.15, 0.2) is 0 Å². The van der Waals surface area contributed by atoms with E-state index in [1.807, 2.05) is 6.20 Å². The molecule has 0 amide bonds. The summed E-state index contributed by atoms with van der Waals surface area (Å²) < 4.78 is 2.12. The average molecular weight is 140 g/mol. The van der Waals surface area contributed by atoms with Crippen LogP contribution < -0.4 is 5.43 Å². The average Bonchev–Trinajstić information content (AvgIpc) is 2.22. The number of nitrogens with zero attached hydrogens (tertiary/aromatic N) is 1. The van der Waals surface area contributed by atoms with Crippen LogP contribution in [0.5, 0.6) is 0 Å². The molecule has 0 aliphatic carbocycles. The second-order valence-electron chi connectivity index (χ2n) is 2.17. The second-order valence-corrected chi connectivity index (χ2v) is 3.39. The van der Waals surface area contributed by atoms with Crippen molar-refractivity contribution in [3.63, 3.8) is 0 Å². The van der Waals surface area contributed by atoms with Gasteiger partial charge in [0.25, 0.3) is 0 Å². The molecule has 9 heavy (non-hydrogen) atoms. The molecule has 0 aromatic rings. The van der Waals surface area contributed by atoms with Crippen molar-refractivity contribution in [1.29, 1.82) is 0 Å². The summed E-state index contributed by atoms with van der Waals surface area (Å²) in [5, 5.41) is 0. The smallest absolute Gasteiger partial charge is 0.0798 e. The van der Waals surface area contributed by atoms with Crippen LogP contribution in [0.3, 0.4) is 0 Å². The maximum Gasteiger partial charge on any atom is 0.0798 e. The van der Waals surface area contributed by atoms with Crippen molar-refractivity contribution >= 4 is 11.9 Å². The van der Waals surface area contributed by atoms with Crippen molar-refractivity contribution in [3.05, 3.63) is 23.3 Å². The van der Waals surface area contributed by atoms with E-state index in [0.29, 0.717) is 6.04 Å². The minimum atomic E-state index is 0.495. The normalized spacial score (nSPS) is 32.1. The number of nitrogens with one attached hydrogen (secondary N) is 1. The second kappa shape index (κ2) is 1.78. The van der Waals surface area contributed by atoms with Gasteiger partial charge in [-0.1, -0.05) is 6.08 Å². The maximum atomic E-state index is 3.11. The maximum absolute atomic E-state index is 3.11. The van der Waals surface area contributed by atoms with E-state index in [1.54, 1.807) is 11.9 Å². The lowest BCUT2D eigenvalue weighted by atomic mass is 10.3. The van der Waals surface area contributed by atoms with Crippen LogP contribution >= 0.6 is 11.9 Å². The fourth-order valence-electron chi connectivity index (χ4n) is 1.02. The Labute approximate surface area is 58.7 Å². The zero-order chi connectivity index (χ0) is 6.27. The summed E-state index contributed by atoms with van der Waals surface area (Å²) in [4.78, 5) is 1.37. The molecule has 2 rings (SSSR count). The Hall–Kier alpha value is -0.410. The van der Waals surface area contributed by atoms with Crippen molar-refractivity contribution in [2.24, 2.45) is 0 Å². The monoisotopic (exact) mass is 140 g/mol. The standard InChI is InChI=1S/C6H8N2S/c1-5-4-6-2-3-7-8(6)9-5/h2-4,6-7H,1H3. The van der Waals surface area contributed by atoms with E-state index in [2.05, 4.69) is 28.9 Å². The van der Waals surface area contributed by atoms with E-state index in [-0.39, 0.29) is 0 Å². The van der Waals surface area contributed by atoms with Gasteiger partial charge in [-0.2, -0.15) is 4.41 Å². The Morgan fingerprint density at radius 3 is 3.44 bits per heavy atom. The summed E-state index contributed by atoms with van der Waals surface area (Å²) in [6.45, 7) is 2.12. The number of allylic oxidation sites excluding steroid dienone is 1. The molecule has 2 heterocycles. The summed E-state index contributed by atoms with van der Waals surface area (Å²) >= 11 is 1.76. The molecule has 0 saturated heterocycles. The van der Waals surface area contributed by atoms with E-state index < -0.39 is 0 Å². The molecule has 0 spiro atoms. The summed E-state index contributed by atoms with van der Waals surface area (Å²) in [5.74, 6) is 0. The van der Waals surface area contributed by atoms with Gasteiger partial charge in [0, 0.05) is 6.20 Å². The van der Waals surface area contributed by atoms with Crippen LogP contribution in [0.2, 0.25) is 0 Å². The van der Waals surface area contributed by atoms with E-state index in [4.69, 9.17) is 0 Å². The van der Waals surface area contributed by atoms with Gasteiger partial charge in [0.2, 0.25) is 0 Å². The first kappa shape index (κ1) is 5.38. The van der Waals surface area contributed by atoms with Gasteiger partial charge >= 0.3 is 0 Å². The molecule has 48 valence electrons. The van der Waals surface area contributed by atoms with Crippen LogP contribution in [0.1, 0.15) is 6.92 Å². The van der Waals surface area contributed by atoms with E-state index in [9.17, 15) is 0 Å². The van der Waals surface area contributed by atoms with Crippen molar-refractivity contribution in [1.82, 2.24) is 9.84 Å². The highest BCUT2D eigenvalue weighted by molar-refractivity contribution is 8.01. The van der Waals surface area contributed by atoms with Gasteiger partial charge < -0.3 is 5.43 Å². The minimum absolute atomic E-state index is 0.495. The van der Waals surface area contributed by atoms with Gasteiger partial charge in [-0.15, -0.1) is 0 Å². The van der Waals surface area contributed by atoms with Gasteiger partial charge in [-0.3, -0.25) is 0 Å². The van der Waals surface area contributed by atoms with Crippen molar-refractivity contribution in [2.75, 3.05) is 0 Å². The predicted molar refractivity (Wildman–Crippen MR) is 39.3 cm³/mol. The molecule has 0 radical (unpaired) electrons. The van der Waals surface area contributed by atoms with Crippen LogP contribution in [-0.2, 0) is 0 Å². The highest BCUT2D eigenvalue weighted by Gasteiger charge is 2.23. The molecule has 0 fully saturated rings. The third-order valence-corrected chi connectivity index (χ3v) is 2.38. The Morgan fingerprint density at radius 2 is 2.67 bits per heavy atom. The van der Waals surface area contributed by atoms with E-state index >= 15 is 0 Å². The van der Waals surface area contributed by atoms with Gasteiger partial charge in [-0.25, -0.2) is 0 Å². The van der Waals surface area contributed by atoms with Crippen LogP contribution in [-0.4, -0.2) is 10.5 Å². The number of hydrazine groups is 1. The lowest BCUT2D eigenvalue weighted by molar-refractivity contribution is 0.435. The fraction of sp³-hybridized carbons (Fsp3) is 0.333. The van der Waals surface area contributed by atoms with Crippen LogP contribution in [0.4, 0.5) is 0 Å². The molecule has 2 nitrogen and oxygen atoms in total. The molecule has 0 aromatic heterocycles. The molecule has 1 atom stereocenters. The first-order valence-corrected chi connectivity index (χ1v) is 3.72. The van der Waals surface area contributed by atoms with E-state index in [0.717, 1.165) is 0 Å². The summed E-state index contributed by atoms with van der Waals surface area (Å²) in [7, 11) is 0. The lowest BCUT2D eigenvalue weighted by Crippen LogP contribution is -2.25. The first-order valence-electron chi connectivity index (χ1n) is 2.95. The van der Waals surface area contributed by atoms with Crippen LogP contribution in [0, 0.1) is 0 Å². The number of hydrogen-bond acceptors (Lipinski definition) is 3. The Morgan fingerprint density at radius 1 is 1.78 bits per heavy atom. The molecule has 0 aromatic carbocycles. The highest BCUT2D eigenvalue weighted by atomic mass is 32.2. The van der Waals surface area contributed by atoms with Crippen molar-refractivity contribution in [3.8, 4) is 0 Å². The molecular formula is C6H8N2S. The highest BCUT2D eigenvalue weighted by Crippen LogP contribution is 2.32. The Balaban J connectivity index is 2.21. The van der Waals surface area contributed by atoms with Gasteiger partial charge in [0.1, 0.15) is 0 Å². The van der Waals surface area contributed by atoms with Crippen molar-refractivity contribution in [2.45, 2.75) is 13.0 Å².